The molecule has 18 heavy (non-hydrogen) atoms. The Morgan fingerprint density at radius 2 is 1.83 bits per heavy atom. The highest BCUT2D eigenvalue weighted by Gasteiger charge is 2.32. The molecule has 6 heteroatoms. The number of hydrogen-bond acceptors (Lipinski definition) is 2. The van der Waals surface area contributed by atoms with Gasteiger partial charge in [-0.15, -0.1) is 0 Å². The summed E-state index contributed by atoms with van der Waals surface area (Å²) in [5.74, 6) is 0. The Hall–Kier alpha value is -2.11. The largest absolute Gasteiger partial charge is 0.416 e. The van der Waals surface area contributed by atoms with Crippen LogP contribution in [0.2, 0.25) is 0 Å². The molecule has 0 unspecified atom stereocenters. The van der Waals surface area contributed by atoms with Crippen LogP contribution in [-0.2, 0) is 12.6 Å². The molecule has 0 aliphatic carbocycles. The first-order chi connectivity index (χ1) is 8.47. The molecule has 0 spiro atoms. The maximum Gasteiger partial charge on any atom is 0.416 e. The predicted octanol–water partition coefficient (Wildman–Crippen LogP) is 2.38. The molecule has 0 bridgehead atoms. The Labute approximate surface area is 100 Å². The van der Waals surface area contributed by atoms with E-state index < -0.39 is 11.7 Å². The first-order valence-corrected chi connectivity index (χ1v) is 5.16. The number of nitrogens with one attached hydrogen (secondary N) is 1. The van der Waals surface area contributed by atoms with Crippen LogP contribution in [-0.4, -0.2) is 10.2 Å². The standard InChI is InChI=1S/C12H9F3N2O/c13-12(14,15)10-4-2-1-3-8(10)7-9-5-6-11(18)17-16-9/h1-6H,7H2,(H,17,18). The van der Waals surface area contributed by atoms with Gasteiger partial charge in [0.1, 0.15) is 0 Å². The van der Waals surface area contributed by atoms with E-state index in [1.54, 1.807) is 0 Å². The van der Waals surface area contributed by atoms with Crippen LogP contribution in [0.5, 0.6) is 0 Å². The average Bonchev–Trinajstić information content (AvgIpc) is 2.31. The van der Waals surface area contributed by atoms with Gasteiger partial charge in [0.05, 0.1) is 11.3 Å². The Balaban J connectivity index is 2.35. The van der Waals surface area contributed by atoms with Crippen molar-refractivity contribution in [1.29, 1.82) is 0 Å². The van der Waals surface area contributed by atoms with E-state index in [0.717, 1.165) is 6.07 Å². The van der Waals surface area contributed by atoms with Crippen molar-refractivity contribution < 1.29 is 13.2 Å². The minimum atomic E-state index is -4.39. The number of halogens is 3. The number of hydrogen-bond donors (Lipinski definition) is 1. The smallest absolute Gasteiger partial charge is 0.268 e. The zero-order valence-corrected chi connectivity index (χ0v) is 9.16. The Bertz CT molecular complexity index is 584. The lowest BCUT2D eigenvalue weighted by molar-refractivity contribution is -0.138. The lowest BCUT2D eigenvalue weighted by Crippen LogP contribution is -2.11. The summed E-state index contributed by atoms with van der Waals surface area (Å²) < 4.78 is 38.2. The molecule has 0 radical (unpaired) electrons. The molecule has 0 aliphatic heterocycles. The van der Waals surface area contributed by atoms with Crippen molar-refractivity contribution in [3.63, 3.8) is 0 Å². The van der Waals surface area contributed by atoms with Crippen molar-refractivity contribution >= 4 is 0 Å². The third-order valence-electron chi connectivity index (χ3n) is 2.43. The SMILES string of the molecule is O=c1ccc(Cc2ccccc2C(F)(F)F)n[nH]1. The molecule has 1 heterocycles. The van der Waals surface area contributed by atoms with Crippen molar-refractivity contribution in [2.45, 2.75) is 12.6 Å². The molecule has 0 saturated carbocycles. The van der Waals surface area contributed by atoms with Crippen molar-refractivity contribution in [3.05, 3.63) is 63.6 Å². The van der Waals surface area contributed by atoms with Gasteiger partial charge in [0.2, 0.25) is 0 Å². The molecule has 1 N–H and O–H groups in total. The summed E-state index contributed by atoms with van der Waals surface area (Å²) in [4.78, 5) is 10.8. The maximum absolute atomic E-state index is 12.7. The van der Waals surface area contributed by atoms with E-state index >= 15 is 0 Å². The van der Waals surface area contributed by atoms with Gasteiger partial charge in [-0.25, -0.2) is 5.10 Å². The fourth-order valence-corrected chi connectivity index (χ4v) is 1.62. The molecular formula is C12H9F3N2O. The van der Waals surface area contributed by atoms with Gasteiger partial charge in [0, 0.05) is 12.5 Å². The summed E-state index contributed by atoms with van der Waals surface area (Å²) in [6.07, 6.45) is -4.37. The van der Waals surface area contributed by atoms with Gasteiger partial charge in [0.15, 0.2) is 0 Å². The van der Waals surface area contributed by atoms with Gasteiger partial charge in [-0.2, -0.15) is 18.3 Å². The molecule has 0 aliphatic rings. The quantitative estimate of drug-likeness (QED) is 0.894. The molecule has 94 valence electrons. The van der Waals surface area contributed by atoms with Crippen LogP contribution in [0.4, 0.5) is 13.2 Å². The van der Waals surface area contributed by atoms with Gasteiger partial charge in [0.25, 0.3) is 5.56 Å². The Morgan fingerprint density at radius 1 is 1.11 bits per heavy atom. The van der Waals surface area contributed by atoms with E-state index in [4.69, 9.17) is 0 Å². The number of aromatic amines is 1. The van der Waals surface area contributed by atoms with Crippen LogP contribution >= 0.6 is 0 Å². The van der Waals surface area contributed by atoms with Crippen LogP contribution in [0.1, 0.15) is 16.8 Å². The highest BCUT2D eigenvalue weighted by atomic mass is 19.4. The van der Waals surface area contributed by atoms with Gasteiger partial charge in [-0.05, 0) is 17.7 Å². The van der Waals surface area contributed by atoms with Gasteiger partial charge < -0.3 is 0 Å². The van der Waals surface area contributed by atoms with Crippen molar-refractivity contribution in [2.24, 2.45) is 0 Å². The second-order valence-corrected chi connectivity index (χ2v) is 3.74. The second kappa shape index (κ2) is 4.64. The van der Waals surface area contributed by atoms with Crippen LogP contribution in [0.25, 0.3) is 0 Å². The first-order valence-electron chi connectivity index (χ1n) is 5.16. The topological polar surface area (TPSA) is 45.8 Å². The molecule has 1 aromatic heterocycles. The van der Waals surface area contributed by atoms with Crippen molar-refractivity contribution in [3.8, 4) is 0 Å². The third-order valence-corrected chi connectivity index (χ3v) is 2.43. The van der Waals surface area contributed by atoms with Crippen LogP contribution in [0.3, 0.4) is 0 Å². The van der Waals surface area contributed by atoms with Crippen molar-refractivity contribution in [2.75, 3.05) is 0 Å². The molecule has 0 amide bonds. The first kappa shape index (κ1) is 12.3. The summed E-state index contributed by atoms with van der Waals surface area (Å²) in [7, 11) is 0. The number of alkyl halides is 3. The van der Waals surface area contributed by atoms with Gasteiger partial charge in [-0.3, -0.25) is 4.79 Å². The van der Waals surface area contributed by atoms with Gasteiger partial charge >= 0.3 is 6.18 Å². The molecule has 2 aromatic rings. The molecule has 0 saturated heterocycles. The summed E-state index contributed by atoms with van der Waals surface area (Å²) in [5, 5.41) is 5.88. The minimum absolute atomic E-state index is 0.0203. The molecule has 0 atom stereocenters. The molecular weight excluding hydrogens is 245 g/mol. The Morgan fingerprint density at radius 3 is 2.44 bits per heavy atom. The number of H-pyrrole nitrogens is 1. The number of aromatic nitrogens is 2. The lowest BCUT2D eigenvalue weighted by atomic mass is 10.0. The molecule has 1 aromatic carbocycles. The monoisotopic (exact) mass is 254 g/mol. The second-order valence-electron chi connectivity index (χ2n) is 3.74. The summed E-state index contributed by atoms with van der Waals surface area (Å²) >= 11 is 0. The van der Waals surface area contributed by atoms with E-state index in [9.17, 15) is 18.0 Å². The molecule has 3 nitrogen and oxygen atoms in total. The average molecular weight is 254 g/mol. The van der Waals surface area contributed by atoms with Crippen LogP contribution in [0, 0.1) is 0 Å². The Kier molecular flexibility index (Phi) is 3.18. The maximum atomic E-state index is 12.7. The van der Waals surface area contributed by atoms with E-state index in [-0.39, 0.29) is 17.5 Å². The molecule has 2 rings (SSSR count). The molecule has 0 fully saturated rings. The third kappa shape index (κ3) is 2.77. The normalized spacial score (nSPS) is 11.5. The van der Waals surface area contributed by atoms with E-state index in [1.807, 2.05) is 0 Å². The number of nitrogens with zero attached hydrogens (tertiary/aromatic N) is 1. The fraction of sp³-hybridized carbons (Fsp3) is 0.167. The predicted molar refractivity (Wildman–Crippen MR) is 59.1 cm³/mol. The van der Waals surface area contributed by atoms with Crippen LogP contribution < -0.4 is 5.56 Å². The van der Waals surface area contributed by atoms with Crippen molar-refractivity contribution in [1.82, 2.24) is 10.2 Å². The van der Waals surface area contributed by atoms with Gasteiger partial charge in [-0.1, -0.05) is 18.2 Å². The summed E-state index contributed by atoms with van der Waals surface area (Å²) in [6, 6.07) is 7.95. The van der Waals surface area contributed by atoms with E-state index in [0.29, 0.717) is 5.69 Å². The summed E-state index contributed by atoms with van der Waals surface area (Å²) in [6.45, 7) is 0. The highest BCUT2D eigenvalue weighted by Crippen LogP contribution is 2.32. The number of benzene rings is 1. The zero-order valence-electron chi connectivity index (χ0n) is 9.16. The van der Waals surface area contributed by atoms with E-state index in [1.165, 1.54) is 30.3 Å². The fourth-order valence-electron chi connectivity index (χ4n) is 1.62. The van der Waals surface area contributed by atoms with Crippen LogP contribution in [0.15, 0.2) is 41.2 Å². The minimum Gasteiger partial charge on any atom is -0.268 e. The highest BCUT2D eigenvalue weighted by molar-refractivity contribution is 5.32. The zero-order chi connectivity index (χ0) is 13.2. The number of rotatable bonds is 2. The van der Waals surface area contributed by atoms with E-state index in [2.05, 4.69) is 10.2 Å². The summed E-state index contributed by atoms with van der Waals surface area (Å²) in [5.41, 5.74) is -0.559. The lowest BCUT2D eigenvalue weighted by Gasteiger charge is -2.11.